The van der Waals surface area contributed by atoms with E-state index >= 15 is 0 Å². The second kappa shape index (κ2) is 5.53. The molecule has 2 unspecified atom stereocenters. The van der Waals surface area contributed by atoms with Crippen LogP contribution in [0.3, 0.4) is 0 Å². The van der Waals surface area contributed by atoms with Crippen molar-refractivity contribution >= 4 is 21.4 Å². The predicted octanol–water partition coefficient (Wildman–Crippen LogP) is 3.35. The van der Waals surface area contributed by atoms with Crippen LogP contribution >= 0.6 is 11.3 Å². The second-order valence-electron chi connectivity index (χ2n) is 4.69. The van der Waals surface area contributed by atoms with E-state index in [2.05, 4.69) is 5.32 Å². The van der Waals surface area contributed by atoms with Gasteiger partial charge in [-0.25, -0.2) is 8.78 Å². The van der Waals surface area contributed by atoms with Gasteiger partial charge in [-0.2, -0.15) is 0 Å². The topological polar surface area (TPSA) is 32.3 Å². The zero-order valence-corrected chi connectivity index (χ0v) is 11.7. The molecule has 2 atom stereocenters. The van der Waals surface area contributed by atoms with E-state index in [-0.39, 0.29) is 0 Å². The smallest absolute Gasteiger partial charge is 0.256 e. The Morgan fingerprint density at radius 1 is 1.37 bits per heavy atom. The molecule has 0 fully saturated rings. The highest BCUT2D eigenvalue weighted by molar-refractivity contribution is 7.17. The quantitative estimate of drug-likeness (QED) is 0.883. The van der Waals surface area contributed by atoms with Crippen molar-refractivity contribution in [3.8, 4) is 0 Å². The van der Waals surface area contributed by atoms with E-state index in [0.717, 1.165) is 10.1 Å². The van der Waals surface area contributed by atoms with Crippen LogP contribution in [0.5, 0.6) is 0 Å². The van der Waals surface area contributed by atoms with E-state index in [4.69, 9.17) is 0 Å². The van der Waals surface area contributed by atoms with Crippen LogP contribution in [0.2, 0.25) is 0 Å². The molecule has 0 aliphatic carbocycles. The summed E-state index contributed by atoms with van der Waals surface area (Å²) in [5.41, 5.74) is -1.10. The lowest BCUT2D eigenvalue weighted by atomic mass is 9.88. The molecule has 0 spiro atoms. The van der Waals surface area contributed by atoms with Gasteiger partial charge in [-0.15, -0.1) is 11.3 Å². The number of halogens is 2. The van der Waals surface area contributed by atoms with Gasteiger partial charge in [0.15, 0.2) is 0 Å². The molecule has 0 bridgehead atoms. The fraction of sp³-hybridized carbons (Fsp3) is 0.429. The van der Waals surface area contributed by atoms with E-state index in [1.807, 2.05) is 17.5 Å². The standard InChI is InChI=1S/C14H17F2NOS/c1-3-17-12(13(15)16)14(2,18)10-5-4-9-6-7-19-11(9)8-10/h4-8,12-13,17-18H,3H2,1-2H3. The van der Waals surface area contributed by atoms with E-state index in [1.54, 1.807) is 19.1 Å². The first-order valence-corrected chi connectivity index (χ1v) is 7.06. The molecule has 2 N–H and O–H groups in total. The normalized spacial score (nSPS) is 16.7. The molecule has 0 radical (unpaired) electrons. The fourth-order valence-electron chi connectivity index (χ4n) is 2.20. The summed E-state index contributed by atoms with van der Waals surface area (Å²) >= 11 is 1.53. The minimum absolute atomic E-state index is 0.381. The number of nitrogens with one attached hydrogen (secondary N) is 1. The third-order valence-corrected chi connectivity index (χ3v) is 4.20. The molecular weight excluding hydrogens is 268 g/mol. The molecule has 0 aliphatic rings. The Labute approximate surface area is 115 Å². The van der Waals surface area contributed by atoms with E-state index in [0.29, 0.717) is 12.1 Å². The number of fused-ring (bicyclic) bond motifs is 1. The molecule has 104 valence electrons. The van der Waals surface area contributed by atoms with Gasteiger partial charge < -0.3 is 10.4 Å². The van der Waals surface area contributed by atoms with Gasteiger partial charge in [0.1, 0.15) is 11.6 Å². The average Bonchev–Trinajstić information content (AvgIpc) is 2.82. The molecule has 0 aliphatic heterocycles. The number of hydrogen-bond donors (Lipinski definition) is 2. The first kappa shape index (κ1) is 14.4. The number of aliphatic hydroxyl groups is 1. The highest BCUT2D eigenvalue weighted by Gasteiger charge is 2.39. The van der Waals surface area contributed by atoms with E-state index in [9.17, 15) is 13.9 Å². The molecule has 1 aromatic heterocycles. The summed E-state index contributed by atoms with van der Waals surface area (Å²) in [4.78, 5) is 0. The van der Waals surface area contributed by atoms with E-state index < -0.39 is 18.1 Å². The Morgan fingerprint density at radius 3 is 2.74 bits per heavy atom. The summed E-state index contributed by atoms with van der Waals surface area (Å²) in [5.74, 6) is 0. The largest absolute Gasteiger partial charge is 0.384 e. The predicted molar refractivity (Wildman–Crippen MR) is 74.9 cm³/mol. The monoisotopic (exact) mass is 285 g/mol. The minimum Gasteiger partial charge on any atom is -0.384 e. The van der Waals surface area contributed by atoms with Crippen LogP contribution in [0.25, 0.3) is 10.1 Å². The lowest BCUT2D eigenvalue weighted by Gasteiger charge is -2.33. The van der Waals surface area contributed by atoms with Crippen molar-refractivity contribution in [3.63, 3.8) is 0 Å². The maximum atomic E-state index is 13.1. The highest BCUT2D eigenvalue weighted by atomic mass is 32.1. The molecule has 2 aromatic rings. The Balaban J connectivity index is 2.40. The van der Waals surface area contributed by atoms with Crippen molar-refractivity contribution in [2.75, 3.05) is 6.54 Å². The molecule has 0 amide bonds. The number of likely N-dealkylation sites (N-methyl/N-ethyl adjacent to an activating group) is 1. The minimum atomic E-state index is -2.63. The van der Waals surface area contributed by atoms with Crippen LogP contribution in [-0.2, 0) is 5.60 Å². The van der Waals surface area contributed by atoms with Gasteiger partial charge >= 0.3 is 0 Å². The SMILES string of the molecule is CCNC(C(F)F)C(C)(O)c1ccc2ccsc2c1. The molecule has 2 rings (SSSR count). The highest BCUT2D eigenvalue weighted by Crippen LogP contribution is 2.32. The first-order valence-electron chi connectivity index (χ1n) is 6.18. The van der Waals surface area contributed by atoms with Crippen LogP contribution in [0.4, 0.5) is 8.78 Å². The molecule has 0 saturated heterocycles. The fourth-order valence-corrected chi connectivity index (χ4v) is 3.03. The van der Waals surface area contributed by atoms with Crippen molar-refractivity contribution in [3.05, 3.63) is 35.2 Å². The second-order valence-corrected chi connectivity index (χ2v) is 5.64. The van der Waals surface area contributed by atoms with Gasteiger partial charge in [-0.05, 0) is 41.9 Å². The molecule has 0 saturated carbocycles. The lowest BCUT2D eigenvalue weighted by Crippen LogP contribution is -2.51. The number of thiophene rings is 1. The third kappa shape index (κ3) is 2.78. The molecule has 2 nitrogen and oxygen atoms in total. The Hall–Kier alpha value is -1.04. The Bertz CT molecular complexity index is 553. The van der Waals surface area contributed by atoms with Crippen LogP contribution in [0.15, 0.2) is 29.6 Å². The van der Waals surface area contributed by atoms with Crippen LogP contribution in [-0.4, -0.2) is 24.1 Å². The van der Waals surface area contributed by atoms with Crippen molar-refractivity contribution in [1.29, 1.82) is 0 Å². The number of hydrogen-bond acceptors (Lipinski definition) is 3. The van der Waals surface area contributed by atoms with Gasteiger partial charge in [0.25, 0.3) is 6.43 Å². The van der Waals surface area contributed by atoms with Gasteiger partial charge in [0.05, 0.1) is 0 Å². The number of rotatable bonds is 5. The van der Waals surface area contributed by atoms with Gasteiger partial charge in [0.2, 0.25) is 0 Å². The van der Waals surface area contributed by atoms with Gasteiger partial charge in [0, 0.05) is 4.70 Å². The lowest BCUT2D eigenvalue weighted by molar-refractivity contribution is -0.0506. The average molecular weight is 285 g/mol. The van der Waals surface area contributed by atoms with Crippen LogP contribution in [0, 0.1) is 0 Å². The van der Waals surface area contributed by atoms with Crippen molar-refractivity contribution < 1.29 is 13.9 Å². The number of benzene rings is 1. The maximum Gasteiger partial charge on any atom is 0.256 e. The summed E-state index contributed by atoms with van der Waals surface area (Å²) in [7, 11) is 0. The maximum absolute atomic E-state index is 13.1. The molecule has 1 heterocycles. The summed E-state index contributed by atoms with van der Waals surface area (Å²) in [5, 5.41) is 16.2. The van der Waals surface area contributed by atoms with Crippen molar-refractivity contribution in [2.24, 2.45) is 0 Å². The first-order chi connectivity index (χ1) is 8.96. The van der Waals surface area contributed by atoms with Crippen LogP contribution in [0.1, 0.15) is 19.4 Å². The molecule has 19 heavy (non-hydrogen) atoms. The molecule has 5 heteroatoms. The van der Waals surface area contributed by atoms with Gasteiger partial charge in [-0.3, -0.25) is 0 Å². The van der Waals surface area contributed by atoms with Crippen molar-refractivity contribution in [2.45, 2.75) is 31.9 Å². The van der Waals surface area contributed by atoms with Gasteiger partial charge in [-0.1, -0.05) is 19.1 Å². The van der Waals surface area contributed by atoms with Crippen LogP contribution < -0.4 is 5.32 Å². The molecule has 1 aromatic carbocycles. The van der Waals surface area contributed by atoms with E-state index in [1.165, 1.54) is 18.3 Å². The summed E-state index contributed by atoms with van der Waals surface area (Å²) in [6, 6.07) is 6.03. The number of alkyl halides is 2. The third-order valence-electron chi connectivity index (χ3n) is 3.32. The summed E-state index contributed by atoms with van der Waals surface area (Å²) in [6.45, 7) is 3.56. The Kier molecular flexibility index (Phi) is 4.18. The Morgan fingerprint density at radius 2 is 2.11 bits per heavy atom. The zero-order chi connectivity index (χ0) is 14.0. The summed E-state index contributed by atoms with van der Waals surface area (Å²) in [6.07, 6.45) is -2.63. The van der Waals surface area contributed by atoms with Crippen molar-refractivity contribution in [1.82, 2.24) is 5.32 Å². The molecular formula is C14H17F2NOS. The zero-order valence-electron chi connectivity index (χ0n) is 10.9. The summed E-state index contributed by atoms with van der Waals surface area (Å²) < 4.78 is 27.2.